The maximum Gasteiger partial charge on any atom is 0.123 e. The number of halogens is 1. The van der Waals surface area contributed by atoms with Gasteiger partial charge in [0.15, 0.2) is 0 Å². The van der Waals surface area contributed by atoms with Crippen LogP contribution in [-0.4, -0.2) is 29.3 Å². The molecule has 0 bridgehead atoms. The molecule has 0 aliphatic heterocycles. The number of ether oxygens (including phenoxy) is 1. The minimum atomic E-state index is -0.652. The Balaban J connectivity index is 1.72. The van der Waals surface area contributed by atoms with Crippen LogP contribution in [0.3, 0.4) is 0 Å². The smallest absolute Gasteiger partial charge is 0.123 e. The van der Waals surface area contributed by atoms with Gasteiger partial charge in [-0.15, -0.1) is 0 Å². The van der Waals surface area contributed by atoms with E-state index in [0.29, 0.717) is 12.3 Å². The van der Waals surface area contributed by atoms with E-state index in [4.69, 9.17) is 4.74 Å². The van der Waals surface area contributed by atoms with Crippen LogP contribution in [0.1, 0.15) is 18.7 Å². The predicted molar refractivity (Wildman–Crippen MR) is 78.6 cm³/mol. The van der Waals surface area contributed by atoms with Crippen LogP contribution in [0.5, 0.6) is 5.75 Å². The van der Waals surface area contributed by atoms with Crippen molar-refractivity contribution < 1.29 is 14.2 Å². The van der Waals surface area contributed by atoms with Crippen LogP contribution in [0.4, 0.5) is 4.39 Å². The van der Waals surface area contributed by atoms with E-state index in [-0.39, 0.29) is 18.5 Å². The molecule has 2 atom stereocenters. The van der Waals surface area contributed by atoms with Crippen molar-refractivity contribution in [1.29, 1.82) is 0 Å². The third-order valence-corrected chi connectivity index (χ3v) is 3.05. The summed E-state index contributed by atoms with van der Waals surface area (Å²) in [7, 11) is 0. The van der Waals surface area contributed by atoms with Crippen LogP contribution in [0.2, 0.25) is 0 Å². The lowest BCUT2D eigenvalue weighted by Crippen LogP contribution is -2.33. The lowest BCUT2D eigenvalue weighted by atomic mass is 10.2. The second-order valence-corrected chi connectivity index (χ2v) is 4.80. The van der Waals surface area contributed by atoms with Crippen molar-refractivity contribution in [3.05, 3.63) is 60.2 Å². The normalized spacial score (nSPS) is 13.7. The molecule has 0 fully saturated rings. The molecular weight excluding hydrogens is 271 g/mol. The lowest BCUT2D eigenvalue weighted by Gasteiger charge is -2.17. The number of nitrogens with one attached hydrogen (secondary N) is 1. The Morgan fingerprint density at radius 1 is 1.24 bits per heavy atom. The molecule has 1 aromatic heterocycles. The first kappa shape index (κ1) is 15.4. The van der Waals surface area contributed by atoms with E-state index in [9.17, 15) is 9.50 Å². The number of aromatic nitrogens is 1. The molecule has 4 nitrogen and oxygen atoms in total. The number of hydrogen-bond acceptors (Lipinski definition) is 4. The minimum absolute atomic E-state index is 0.0478. The van der Waals surface area contributed by atoms with Crippen molar-refractivity contribution in [3.8, 4) is 5.75 Å². The summed E-state index contributed by atoms with van der Waals surface area (Å²) < 4.78 is 18.1. The van der Waals surface area contributed by atoms with Crippen LogP contribution in [0, 0.1) is 5.82 Å². The Bertz CT molecular complexity index is 534. The summed E-state index contributed by atoms with van der Waals surface area (Å²) >= 11 is 0. The van der Waals surface area contributed by atoms with Gasteiger partial charge in [0, 0.05) is 18.8 Å². The Morgan fingerprint density at radius 2 is 2.00 bits per heavy atom. The number of rotatable bonds is 7. The molecule has 21 heavy (non-hydrogen) atoms. The monoisotopic (exact) mass is 290 g/mol. The molecule has 112 valence electrons. The zero-order chi connectivity index (χ0) is 15.1. The fraction of sp³-hybridized carbons (Fsp3) is 0.312. The van der Waals surface area contributed by atoms with Crippen LogP contribution in [0.25, 0.3) is 0 Å². The molecule has 0 aliphatic carbocycles. The predicted octanol–water partition coefficient (Wildman–Crippen LogP) is 2.31. The molecule has 0 radical (unpaired) electrons. The van der Waals surface area contributed by atoms with Gasteiger partial charge in [0.2, 0.25) is 0 Å². The maximum absolute atomic E-state index is 12.7. The first-order chi connectivity index (χ1) is 10.1. The Kier molecular flexibility index (Phi) is 5.66. The highest BCUT2D eigenvalue weighted by molar-refractivity contribution is 5.22. The second kappa shape index (κ2) is 7.71. The summed E-state index contributed by atoms with van der Waals surface area (Å²) in [6, 6.07) is 11.5. The molecule has 2 rings (SSSR count). The SMILES string of the molecule is C[C@H](NCC(O)COc1ccc(F)cc1)c1ccccn1. The Morgan fingerprint density at radius 3 is 2.67 bits per heavy atom. The fourth-order valence-corrected chi connectivity index (χ4v) is 1.83. The van der Waals surface area contributed by atoms with Crippen LogP contribution >= 0.6 is 0 Å². The number of aliphatic hydroxyl groups excluding tert-OH is 1. The van der Waals surface area contributed by atoms with Gasteiger partial charge < -0.3 is 15.2 Å². The Labute approximate surface area is 123 Å². The molecule has 1 unspecified atom stereocenters. The van der Waals surface area contributed by atoms with Gasteiger partial charge in [-0.3, -0.25) is 4.98 Å². The molecule has 1 aromatic carbocycles. The number of aliphatic hydroxyl groups is 1. The number of benzene rings is 1. The van der Waals surface area contributed by atoms with Gasteiger partial charge in [-0.1, -0.05) is 6.07 Å². The highest BCUT2D eigenvalue weighted by Crippen LogP contribution is 2.11. The molecule has 0 spiro atoms. The minimum Gasteiger partial charge on any atom is -0.491 e. The second-order valence-electron chi connectivity index (χ2n) is 4.80. The average molecular weight is 290 g/mol. The summed E-state index contributed by atoms with van der Waals surface area (Å²) in [6.07, 6.45) is 1.09. The molecule has 0 aliphatic rings. The van der Waals surface area contributed by atoms with Gasteiger partial charge in [0.1, 0.15) is 24.3 Å². The van der Waals surface area contributed by atoms with Crippen molar-refractivity contribution in [2.24, 2.45) is 0 Å². The average Bonchev–Trinajstić information content (AvgIpc) is 2.53. The largest absolute Gasteiger partial charge is 0.491 e. The molecule has 2 aromatic rings. The first-order valence-corrected chi connectivity index (χ1v) is 6.86. The van der Waals surface area contributed by atoms with Crippen LogP contribution in [-0.2, 0) is 0 Å². The maximum atomic E-state index is 12.7. The van der Waals surface area contributed by atoms with E-state index in [1.165, 1.54) is 24.3 Å². The summed E-state index contributed by atoms with van der Waals surface area (Å²) in [5.41, 5.74) is 0.921. The topological polar surface area (TPSA) is 54.4 Å². The van der Waals surface area contributed by atoms with Gasteiger partial charge in [-0.05, 0) is 43.3 Å². The fourth-order valence-electron chi connectivity index (χ4n) is 1.83. The highest BCUT2D eigenvalue weighted by Gasteiger charge is 2.10. The summed E-state index contributed by atoms with van der Waals surface area (Å²) in [5.74, 6) is 0.224. The quantitative estimate of drug-likeness (QED) is 0.821. The van der Waals surface area contributed by atoms with E-state index in [1.54, 1.807) is 6.20 Å². The third kappa shape index (κ3) is 5.13. The van der Waals surface area contributed by atoms with Crippen molar-refractivity contribution in [2.75, 3.05) is 13.2 Å². The molecule has 0 saturated carbocycles. The van der Waals surface area contributed by atoms with Gasteiger partial charge in [-0.25, -0.2) is 4.39 Å². The molecule has 1 heterocycles. The van der Waals surface area contributed by atoms with Crippen LogP contribution in [0.15, 0.2) is 48.7 Å². The first-order valence-electron chi connectivity index (χ1n) is 6.86. The van der Waals surface area contributed by atoms with Crippen molar-refractivity contribution in [1.82, 2.24) is 10.3 Å². The molecule has 0 saturated heterocycles. The summed E-state index contributed by atoms with van der Waals surface area (Å²) in [5, 5.41) is 13.1. The van der Waals surface area contributed by atoms with Gasteiger partial charge >= 0.3 is 0 Å². The number of pyridine rings is 1. The molecular formula is C16H19FN2O2. The summed E-state index contributed by atoms with van der Waals surface area (Å²) in [4.78, 5) is 4.25. The van der Waals surface area contributed by atoms with Gasteiger partial charge in [-0.2, -0.15) is 0 Å². The van der Waals surface area contributed by atoms with Crippen molar-refractivity contribution >= 4 is 0 Å². The molecule has 5 heteroatoms. The third-order valence-electron chi connectivity index (χ3n) is 3.05. The van der Waals surface area contributed by atoms with Gasteiger partial charge in [0.25, 0.3) is 0 Å². The van der Waals surface area contributed by atoms with E-state index in [1.807, 2.05) is 25.1 Å². The molecule has 0 amide bonds. The zero-order valence-electron chi connectivity index (χ0n) is 11.9. The zero-order valence-corrected chi connectivity index (χ0v) is 11.9. The van der Waals surface area contributed by atoms with E-state index in [0.717, 1.165) is 5.69 Å². The standard InChI is InChI=1S/C16H19FN2O2/c1-12(16-4-2-3-9-18-16)19-10-14(20)11-21-15-7-5-13(17)6-8-15/h2-9,12,14,19-20H,10-11H2,1H3/t12-,14?/m0/s1. The van der Waals surface area contributed by atoms with Gasteiger partial charge in [0.05, 0.1) is 5.69 Å². The van der Waals surface area contributed by atoms with E-state index >= 15 is 0 Å². The van der Waals surface area contributed by atoms with Crippen molar-refractivity contribution in [2.45, 2.75) is 19.1 Å². The lowest BCUT2D eigenvalue weighted by molar-refractivity contribution is 0.104. The van der Waals surface area contributed by atoms with E-state index in [2.05, 4.69) is 10.3 Å². The van der Waals surface area contributed by atoms with Crippen LogP contribution < -0.4 is 10.1 Å². The Hall–Kier alpha value is -1.98. The highest BCUT2D eigenvalue weighted by atomic mass is 19.1. The van der Waals surface area contributed by atoms with Crippen molar-refractivity contribution in [3.63, 3.8) is 0 Å². The molecule has 2 N–H and O–H groups in total. The van der Waals surface area contributed by atoms with E-state index < -0.39 is 6.10 Å². The number of hydrogen-bond donors (Lipinski definition) is 2. The summed E-state index contributed by atoms with van der Waals surface area (Å²) in [6.45, 7) is 2.52. The number of nitrogens with zero attached hydrogens (tertiary/aromatic N) is 1.